The largest absolute Gasteiger partial charge is 0.497 e. The molecule has 0 aliphatic rings. The zero-order valence-electron chi connectivity index (χ0n) is 12.2. The van der Waals surface area contributed by atoms with E-state index in [-0.39, 0.29) is 4.90 Å². The second-order valence-electron chi connectivity index (χ2n) is 4.80. The average Bonchev–Trinajstić information content (AvgIpc) is 2.44. The van der Waals surface area contributed by atoms with Crippen LogP contribution in [0.25, 0.3) is 0 Å². The molecule has 0 amide bonds. The van der Waals surface area contributed by atoms with Gasteiger partial charge in [0.1, 0.15) is 5.75 Å². The second kappa shape index (κ2) is 5.65. The van der Waals surface area contributed by atoms with Gasteiger partial charge in [-0.25, -0.2) is 8.42 Å². The number of aryl methyl sites for hydroxylation is 2. The van der Waals surface area contributed by atoms with E-state index in [4.69, 9.17) is 10.5 Å². The van der Waals surface area contributed by atoms with Crippen molar-refractivity contribution < 1.29 is 13.2 Å². The van der Waals surface area contributed by atoms with E-state index in [1.165, 1.54) is 7.11 Å². The summed E-state index contributed by atoms with van der Waals surface area (Å²) in [5.41, 5.74) is 8.39. The highest BCUT2D eigenvalue weighted by atomic mass is 32.2. The van der Waals surface area contributed by atoms with Gasteiger partial charge in [-0.3, -0.25) is 4.72 Å². The predicted molar refractivity (Wildman–Crippen MR) is 84.1 cm³/mol. The summed E-state index contributed by atoms with van der Waals surface area (Å²) in [7, 11) is -2.18. The molecule has 0 unspecified atom stereocenters. The molecule has 5 nitrogen and oxygen atoms in total. The van der Waals surface area contributed by atoms with Gasteiger partial charge in [0.15, 0.2) is 0 Å². The standard InChI is InChI=1S/C15H18N2O3S/c1-10-4-6-13(8-11(10)2)21(18,19)17-15-9-12(20-3)5-7-14(15)16/h4-9,17H,16H2,1-3H3. The van der Waals surface area contributed by atoms with Gasteiger partial charge in [-0.05, 0) is 49.2 Å². The van der Waals surface area contributed by atoms with Gasteiger partial charge in [0.05, 0.1) is 23.4 Å². The molecule has 0 aliphatic carbocycles. The summed E-state index contributed by atoms with van der Waals surface area (Å²) < 4.78 is 32.4. The normalized spacial score (nSPS) is 11.2. The quantitative estimate of drug-likeness (QED) is 0.851. The topological polar surface area (TPSA) is 81.4 Å². The number of ether oxygens (including phenoxy) is 1. The highest BCUT2D eigenvalue weighted by molar-refractivity contribution is 7.92. The first-order valence-electron chi connectivity index (χ1n) is 6.37. The molecule has 3 N–H and O–H groups in total. The molecule has 0 bridgehead atoms. The Bertz CT molecular complexity index is 770. The maximum atomic E-state index is 12.4. The van der Waals surface area contributed by atoms with E-state index in [0.29, 0.717) is 17.1 Å². The molecule has 0 saturated carbocycles. The molecule has 0 radical (unpaired) electrons. The lowest BCUT2D eigenvalue weighted by molar-refractivity contribution is 0.415. The van der Waals surface area contributed by atoms with Crippen molar-refractivity contribution in [1.82, 2.24) is 0 Å². The van der Waals surface area contributed by atoms with Crippen molar-refractivity contribution in [1.29, 1.82) is 0 Å². The molecule has 21 heavy (non-hydrogen) atoms. The summed E-state index contributed by atoms with van der Waals surface area (Å²) in [5, 5.41) is 0. The van der Waals surface area contributed by atoms with Crippen LogP contribution in [0.3, 0.4) is 0 Å². The minimum Gasteiger partial charge on any atom is -0.497 e. The maximum Gasteiger partial charge on any atom is 0.261 e. The molecule has 0 aromatic heterocycles. The summed E-state index contributed by atoms with van der Waals surface area (Å²) in [6, 6.07) is 9.79. The van der Waals surface area contributed by atoms with Gasteiger partial charge in [-0.2, -0.15) is 0 Å². The summed E-state index contributed by atoms with van der Waals surface area (Å²) in [5.74, 6) is 0.530. The molecular formula is C15H18N2O3S. The van der Waals surface area contributed by atoms with Crippen LogP contribution in [0, 0.1) is 13.8 Å². The first kappa shape index (κ1) is 15.2. The number of hydrogen-bond acceptors (Lipinski definition) is 4. The lowest BCUT2D eigenvalue weighted by Crippen LogP contribution is -2.14. The number of nitrogens with one attached hydrogen (secondary N) is 1. The third-order valence-corrected chi connectivity index (χ3v) is 4.66. The fourth-order valence-electron chi connectivity index (χ4n) is 1.84. The van der Waals surface area contributed by atoms with Crippen molar-refractivity contribution in [3.63, 3.8) is 0 Å². The van der Waals surface area contributed by atoms with Gasteiger partial charge in [0.25, 0.3) is 10.0 Å². The van der Waals surface area contributed by atoms with Gasteiger partial charge in [-0.1, -0.05) is 6.07 Å². The highest BCUT2D eigenvalue weighted by Gasteiger charge is 2.16. The molecule has 2 aromatic rings. The molecule has 0 atom stereocenters. The smallest absolute Gasteiger partial charge is 0.261 e. The third kappa shape index (κ3) is 3.28. The van der Waals surface area contributed by atoms with Crippen LogP contribution in [0.15, 0.2) is 41.3 Å². The summed E-state index contributed by atoms with van der Waals surface area (Å²) in [6.45, 7) is 3.80. The number of anilines is 2. The fourth-order valence-corrected chi connectivity index (χ4v) is 3.00. The fraction of sp³-hybridized carbons (Fsp3) is 0.200. The number of nitrogen functional groups attached to an aromatic ring is 1. The molecule has 0 fully saturated rings. The Balaban J connectivity index is 2.39. The molecule has 0 spiro atoms. The zero-order valence-corrected chi connectivity index (χ0v) is 13.0. The van der Waals surface area contributed by atoms with Gasteiger partial charge < -0.3 is 10.5 Å². The Morgan fingerprint density at radius 1 is 1.05 bits per heavy atom. The average molecular weight is 306 g/mol. The summed E-state index contributed by atoms with van der Waals surface area (Å²) in [6.07, 6.45) is 0. The van der Waals surface area contributed by atoms with Gasteiger partial charge in [0.2, 0.25) is 0 Å². The van der Waals surface area contributed by atoms with Crippen molar-refractivity contribution in [2.24, 2.45) is 0 Å². The molecule has 2 rings (SSSR count). The number of nitrogens with two attached hydrogens (primary N) is 1. The van der Waals surface area contributed by atoms with Crippen molar-refractivity contribution in [3.8, 4) is 5.75 Å². The summed E-state index contributed by atoms with van der Waals surface area (Å²) in [4.78, 5) is 0.202. The van der Waals surface area contributed by atoms with Crippen molar-refractivity contribution in [3.05, 3.63) is 47.5 Å². The van der Waals surface area contributed by atoms with Crippen LogP contribution in [0.2, 0.25) is 0 Å². The van der Waals surface area contributed by atoms with Crippen LogP contribution in [0.4, 0.5) is 11.4 Å². The lowest BCUT2D eigenvalue weighted by atomic mass is 10.1. The van der Waals surface area contributed by atoms with Crippen LogP contribution in [0.5, 0.6) is 5.75 Å². The SMILES string of the molecule is COc1ccc(N)c(NS(=O)(=O)c2ccc(C)c(C)c2)c1. The lowest BCUT2D eigenvalue weighted by Gasteiger charge is -2.12. The summed E-state index contributed by atoms with van der Waals surface area (Å²) >= 11 is 0. The van der Waals surface area contributed by atoms with Gasteiger partial charge in [0, 0.05) is 6.07 Å². The van der Waals surface area contributed by atoms with Crippen molar-refractivity contribution in [2.45, 2.75) is 18.7 Å². The van der Waals surface area contributed by atoms with Crippen molar-refractivity contribution in [2.75, 3.05) is 17.6 Å². The number of sulfonamides is 1. The Labute approximate surface area is 124 Å². The number of rotatable bonds is 4. The van der Waals surface area contributed by atoms with E-state index in [1.54, 1.807) is 36.4 Å². The molecular weight excluding hydrogens is 288 g/mol. The van der Waals surface area contributed by atoms with Gasteiger partial charge >= 0.3 is 0 Å². The Morgan fingerprint density at radius 3 is 2.38 bits per heavy atom. The molecule has 2 aromatic carbocycles. The van der Waals surface area contributed by atoms with Crippen LogP contribution in [0.1, 0.15) is 11.1 Å². The number of hydrogen-bond donors (Lipinski definition) is 2. The van der Waals surface area contributed by atoms with E-state index in [0.717, 1.165) is 11.1 Å². The second-order valence-corrected chi connectivity index (χ2v) is 6.49. The van der Waals surface area contributed by atoms with Gasteiger partial charge in [-0.15, -0.1) is 0 Å². The predicted octanol–water partition coefficient (Wildman–Crippen LogP) is 2.70. The molecule has 6 heteroatoms. The highest BCUT2D eigenvalue weighted by Crippen LogP contribution is 2.27. The Morgan fingerprint density at radius 2 is 1.76 bits per heavy atom. The minimum atomic E-state index is -3.69. The van der Waals surface area contributed by atoms with E-state index in [9.17, 15) is 8.42 Å². The molecule has 0 aliphatic heterocycles. The van der Waals surface area contributed by atoms with E-state index < -0.39 is 10.0 Å². The van der Waals surface area contributed by atoms with Crippen molar-refractivity contribution >= 4 is 21.4 Å². The van der Waals surface area contributed by atoms with E-state index in [1.807, 2.05) is 13.8 Å². The first-order chi connectivity index (χ1) is 9.83. The van der Waals surface area contributed by atoms with Crippen LogP contribution in [-0.4, -0.2) is 15.5 Å². The van der Waals surface area contributed by atoms with Crippen LogP contribution < -0.4 is 15.2 Å². The first-order valence-corrected chi connectivity index (χ1v) is 7.85. The minimum absolute atomic E-state index is 0.202. The van der Waals surface area contributed by atoms with E-state index in [2.05, 4.69) is 4.72 Å². The monoisotopic (exact) mass is 306 g/mol. The Kier molecular flexibility index (Phi) is 4.09. The Hall–Kier alpha value is -2.21. The van der Waals surface area contributed by atoms with Crippen LogP contribution in [-0.2, 0) is 10.0 Å². The van der Waals surface area contributed by atoms with E-state index >= 15 is 0 Å². The molecule has 0 saturated heterocycles. The number of methoxy groups -OCH3 is 1. The molecule has 112 valence electrons. The zero-order chi connectivity index (χ0) is 15.6. The molecule has 0 heterocycles. The third-order valence-electron chi connectivity index (χ3n) is 3.29. The van der Waals surface area contributed by atoms with Crippen LogP contribution >= 0.6 is 0 Å². The number of benzene rings is 2. The maximum absolute atomic E-state index is 12.4.